The molecular weight excluding hydrogens is 248 g/mol. The molecule has 0 amide bonds. The standard InChI is InChI=1S/C14H14O5/c1-18-14(17)13-10(7-2-3-7)11-9(19-13)5-4-8(6-15)12(11)16/h6-7,15H,2-5H2,1H3/b8-6-. The van der Waals surface area contributed by atoms with Crippen molar-refractivity contribution in [3.63, 3.8) is 0 Å². The van der Waals surface area contributed by atoms with Gasteiger partial charge in [-0.1, -0.05) is 0 Å². The number of aliphatic hydroxyl groups is 1. The molecule has 2 aliphatic rings. The van der Waals surface area contributed by atoms with E-state index in [1.54, 1.807) is 0 Å². The highest BCUT2D eigenvalue weighted by atomic mass is 16.5. The maximum atomic E-state index is 12.3. The largest absolute Gasteiger partial charge is 0.515 e. The predicted octanol–water partition coefficient (Wildman–Crippen LogP) is 2.51. The second-order valence-corrected chi connectivity index (χ2v) is 4.89. The van der Waals surface area contributed by atoms with E-state index in [-0.39, 0.29) is 17.5 Å². The molecule has 5 heteroatoms. The number of furan rings is 1. The zero-order chi connectivity index (χ0) is 13.6. The maximum Gasteiger partial charge on any atom is 0.374 e. The zero-order valence-corrected chi connectivity index (χ0v) is 10.6. The Labute approximate surface area is 109 Å². The minimum absolute atomic E-state index is 0.155. The fraction of sp³-hybridized carbons (Fsp3) is 0.429. The van der Waals surface area contributed by atoms with Crippen LogP contribution in [0.1, 0.15) is 57.4 Å². The molecule has 1 heterocycles. The van der Waals surface area contributed by atoms with Gasteiger partial charge >= 0.3 is 5.97 Å². The number of hydrogen-bond acceptors (Lipinski definition) is 5. The number of Topliss-reactive ketones (excluding diaryl/α,β-unsaturated/α-hetero) is 1. The van der Waals surface area contributed by atoms with Crippen LogP contribution in [0.25, 0.3) is 0 Å². The van der Waals surface area contributed by atoms with Crippen molar-refractivity contribution in [1.29, 1.82) is 0 Å². The molecule has 5 nitrogen and oxygen atoms in total. The van der Waals surface area contributed by atoms with Gasteiger partial charge in [-0.25, -0.2) is 4.79 Å². The van der Waals surface area contributed by atoms with Crippen LogP contribution >= 0.6 is 0 Å². The first-order valence-corrected chi connectivity index (χ1v) is 6.29. The molecule has 0 aromatic carbocycles. The lowest BCUT2D eigenvalue weighted by Crippen LogP contribution is -2.14. The van der Waals surface area contributed by atoms with Gasteiger partial charge in [0.1, 0.15) is 5.76 Å². The Kier molecular flexibility index (Phi) is 2.69. The molecule has 0 bridgehead atoms. The van der Waals surface area contributed by atoms with E-state index in [4.69, 9.17) is 14.3 Å². The third kappa shape index (κ3) is 1.77. The fourth-order valence-electron chi connectivity index (χ4n) is 2.57. The lowest BCUT2D eigenvalue weighted by atomic mass is 9.88. The van der Waals surface area contributed by atoms with Crippen molar-refractivity contribution < 1.29 is 23.8 Å². The van der Waals surface area contributed by atoms with Crippen molar-refractivity contribution in [2.24, 2.45) is 0 Å². The SMILES string of the molecule is COC(=O)c1oc2c(c1C1CC1)C(=O)/C(=C\O)CC2. The van der Waals surface area contributed by atoms with Gasteiger partial charge in [0.15, 0.2) is 5.78 Å². The number of allylic oxidation sites excluding steroid dienone is 1. The van der Waals surface area contributed by atoms with Crippen molar-refractivity contribution in [1.82, 2.24) is 0 Å². The Balaban J connectivity index is 2.17. The fourth-order valence-corrected chi connectivity index (χ4v) is 2.57. The molecule has 0 spiro atoms. The molecule has 0 saturated heterocycles. The summed E-state index contributed by atoms with van der Waals surface area (Å²) in [6, 6.07) is 0. The molecule has 1 fully saturated rings. The van der Waals surface area contributed by atoms with Crippen molar-refractivity contribution in [3.05, 3.63) is 34.5 Å². The second kappa shape index (κ2) is 4.26. The number of fused-ring (bicyclic) bond motifs is 1. The molecule has 1 N–H and O–H groups in total. The molecule has 2 aliphatic carbocycles. The van der Waals surface area contributed by atoms with Gasteiger partial charge in [-0.05, 0) is 25.2 Å². The zero-order valence-electron chi connectivity index (χ0n) is 10.6. The molecule has 0 aliphatic heterocycles. The lowest BCUT2D eigenvalue weighted by Gasteiger charge is -2.12. The number of carbonyl (C=O) groups is 2. The summed E-state index contributed by atoms with van der Waals surface area (Å²) in [5, 5.41) is 9.09. The molecule has 0 atom stereocenters. The Bertz CT molecular complexity index is 589. The van der Waals surface area contributed by atoms with Gasteiger partial charge in [0.05, 0.1) is 18.9 Å². The lowest BCUT2D eigenvalue weighted by molar-refractivity contribution is 0.0561. The second-order valence-electron chi connectivity index (χ2n) is 4.89. The summed E-state index contributed by atoms with van der Waals surface area (Å²) in [5.41, 5.74) is 1.51. The summed E-state index contributed by atoms with van der Waals surface area (Å²) in [4.78, 5) is 24.0. The van der Waals surface area contributed by atoms with E-state index < -0.39 is 5.97 Å². The minimum atomic E-state index is -0.543. The van der Waals surface area contributed by atoms with Gasteiger partial charge < -0.3 is 14.3 Å². The number of ether oxygens (including phenoxy) is 1. The van der Waals surface area contributed by atoms with Gasteiger partial charge in [-0.3, -0.25) is 4.79 Å². The average Bonchev–Trinajstić information content (AvgIpc) is 3.18. The minimum Gasteiger partial charge on any atom is -0.515 e. The quantitative estimate of drug-likeness (QED) is 0.503. The summed E-state index contributed by atoms with van der Waals surface area (Å²) >= 11 is 0. The highest BCUT2D eigenvalue weighted by Gasteiger charge is 2.40. The first-order valence-electron chi connectivity index (χ1n) is 6.29. The highest BCUT2D eigenvalue weighted by Crippen LogP contribution is 2.47. The Morgan fingerprint density at radius 2 is 2.16 bits per heavy atom. The van der Waals surface area contributed by atoms with E-state index in [1.165, 1.54) is 7.11 Å². The molecule has 19 heavy (non-hydrogen) atoms. The van der Waals surface area contributed by atoms with E-state index >= 15 is 0 Å². The number of carbonyl (C=O) groups excluding carboxylic acids is 2. The van der Waals surface area contributed by atoms with E-state index in [1.807, 2.05) is 0 Å². The predicted molar refractivity (Wildman–Crippen MR) is 65.4 cm³/mol. The van der Waals surface area contributed by atoms with Gasteiger partial charge in [0.2, 0.25) is 5.76 Å². The van der Waals surface area contributed by atoms with Crippen LogP contribution in [0.3, 0.4) is 0 Å². The topological polar surface area (TPSA) is 76.7 Å². The molecule has 1 aromatic heterocycles. The molecular formula is C14H14O5. The van der Waals surface area contributed by atoms with E-state index in [9.17, 15) is 9.59 Å². The van der Waals surface area contributed by atoms with Crippen LogP contribution in [0.5, 0.6) is 0 Å². The summed E-state index contributed by atoms with van der Waals surface area (Å²) in [7, 11) is 1.29. The van der Waals surface area contributed by atoms with Gasteiger partial charge in [0, 0.05) is 17.6 Å². The van der Waals surface area contributed by atoms with Crippen molar-refractivity contribution >= 4 is 11.8 Å². The van der Waals surface area contributed by atoms with Crippen LogP contribution < -0.4 is 0 Å². The number of ketones is 1. The Hall–Kier alpha value is -2.04. The van der Waals surface area contributed by atoms with E-state index in [0.717, 1.165) is 19.1 Å². The van der Waals surface area contributed by atoms with Crippen LogP contribution in [-0.2, 0) is 11.2 Å². The third-order valence-electron chi connectivity index (χ3n) is 3.67. The van der Waals surface area contributed by atoms with Crippen molar-refractivity contribution in [2.45, 2.75) is 31.6 Å². The normalized spacial score (nSPS) is 20.5. The number of aliphatic hydroxyl groups excluding tert-OH is 1. The first-order chi connectivity index (χ1) is 9.17. The van der Waals surface area contributed by atoms with Gasteiger partial charge in [-0.2, -0.15) is 0 Å². The number of rotatable bonds is 2. The van der Waals surface area contributed by atoms with Gasteiger partial charge in [0.25, 0.3) is 0 Å². The summed E-state index contributed by atoms with van der Waals surface area (Å²) in [6.07, 6.45) is 3.69. The molecule has 0 unspecified atom stereocenters. The molecule has 100 valence electrons. The number of hydrogen-bond donors (Lipinski definition) is 1. The molecule has 1 saturated carbocycles. The molecule has 1 aromatic rings. The van der Waals surface area contributed by atoms with Gasteiger partial charge in [-0.15, -0.1) is 0 Å². The molecule has 0 radical (unpaired) electrons. The van der Waals surface area contributed by atoms with Crippen molar-refractivity contribution in [3.8, 4) is 0 Å². The van der Waals surface area contributed by atoms with E-state index in [0.29, 0.717) is 35.3 Å². The number of methoxy groups -OCH3 is 1. The average molecular weight is 262 g/mol. The first kappa shape index (κ1) is 12.0. The summed E-state index contributed by atoms with van der Waals surface area (Å²) < 4.78 is 10.3. The van der Waals surface area contributed by atoms with Crippen LogP contribution in [0.4, 0.5) is 0 Å². The van der Waals surface area contributed by atoms with E-state index in [2.05, 4.69) is 0 Å². The molecule has 3 rings (SSSR count). The van der Waals surface area contributed by atoms with Crippen LogP contribution in [-0.4, -0.2) is 24.0 Å². The summed E-state index contributed by atoms with van der Waals surface area (Å²) in [5.74, 6) is 0.118. The van der Waals surface area contributed by atoms with Crippen LogP contribution in [0.2, 0.25) is 0 Å². The monoisotopic (exact) mass is 262 g/mol. The Morgan fingerprint density at radius 1 is 1.42 bits per heavy atom. The number of esters is 1. The van der Waals surface area contributed by atoms with Crippen LogP contribution in [0.15, 0.2) is 16.3 Å². The van der Waals surface area contributed by atoms with Crippen molar-refractivity contribution in [2.75, 3.05) is 7.11 Å². The Morgan fingerprint density at radius 3 is 2.74 bits per heavy atom. The smallest absolute Gasteiger partial charge is 0.374 e. The number of aryl methyl sites for hydroxylation is 1. The third-order valence-corrected chi connectivity index (χ3v) is 3.67. The summed E-state index contributed by atoms with van der Waals surface area (Å²) in [6.45, 7) is 0. The highest BCUT2D eigenvalue weighted by molar-refractivity contribution is 6.12. The van der Waals surface area contributed by atoms with Crippen LogP contribution in [0, 0.1) is 0 Å². The maximum absolute atomic E-state index is 12.3.